The molecule has 5 heteroatoms. The quantitative estimate of drug-likeness (QED) is 0.767. The molecule has 0 unspecified atom stereocenters. The van der Waals surface area contributed by atoms with Crippen LogP contribution in [-0.2, 0) is 13.0 Å². The fraction of sp³-hybridized carbons (Fsp3) is 0.462. The minimum atomic E-state index is 0.0617. The molecule has 0 aromatic heterocycles. The summed E-state index contributed by atoms with van der Waals surface area (Å²) in [5, 5.41) is 0. The van der Waals surface area contributed by atoms with E-state index in [0.29, 0.717) is 6.54 Å². The number of benzene rings is 2. The molecule has 3 aliphatic rings. The molecule has 2 aliphatic heterocycles. The Morgan fingerprint density at radius 1 is 0.710 bits per heavy atom. The number of amides is 2. The van der Waals surface area contributed by atoms with Crippen LogP contribution in [0.5, 0.6) is 0 Å². The summed E-state index contributed by atoms with van der Waals surface area (Å²) in [6.45, 7) is 5.02. The lowest BCUT2D eigenvalue weighted by molar-refractivity contribution is 0.0734. The van der Waals surface area contributed by atoms with Gasteiger partial charge in [-0.25, -0.2) is 0 Å². The van der Waals surface area contributed by atoms with Gasteiger partial charge in [-0.15, -0.1) is 0 Å². The van der Waals surface area contributed by atoms with Gasteiger partial charge in [-0.2, -0.15) is 0 Å². The first-order chi connectivity index (χ1) is 15.2. The Hall–Kier alpha value is -2.66. The smallest absolute Gasteiger partial charge is 0.254 e. The normalized spacial score (nSPS) is 20.0. The third-order valence-electron chi connectivity index (χ3n) is 7.18. The number of carbonyl (C=O) groups is 2. The van der Waals surface area contributed by atoms with E-state index in [1.807, 2.05) is 52.3 Å². The van der Waals surface area contributed by atoms with E-state index >= 15 is 0 Å². The van der Waals surface area contributed by atoms with Crippen molar-refractivity contribution >= 4 is 11.8 Å². The molecule has 0 spiro atoms. The van der Waals surface area contributed by atoms with Crippen LogP contribution in [0.4, 0.5) is 0 Å². The third-order valence-corrected chi connectivity index (χ3v) is 7.18. The summed E-state index contributed by atoms with van der Waals surface area (Å²) in [4.78, 5) is 32.6. The van der Waals surface area contributed by atoms with E-state index in [2.05, 4.69) is 11.0 Å². The van der Waals surface area contributed by atoms with Crippen molar-refractivity contribution in [3.05, 3.63) is 70.8 Å². The summed E-state index contributed by atoms with van der Waals surface area (Å²) in [7, 11) is 0. The van der Waals surface area contributed by atoms with E-state index in [0.717, 1.165) is 68.3 Å². The molecule has 5 nitrogen and oxygen atoms in total. The van der Waals surface area contributed by atoms with Gasteiger partial charge in [0, 0.05) is 56.4 Å². The SMILES string of the molecule is O=C(c1ccc2c(c1)CN(C(=O)c1ccccc1)CC2)N1CCCN(C2CCC2)CC1. The second-order valence-electron chi connectivity index (χ2n) is 9.09. The minimum absolute atomic E-state index is 0.0617. The van der Waals surface area contributed by atoms with Crippen LogP contribution >= 0.6 is 0 Å². The van der Waals surface area contributed by atoms with E-state index in [1.54, 1.807) is 0 Å². The molecule has 162 valence electrons. The van der Waals surface area contributed by atoms with E-state index in [4.69, 9.17) is 0 Å². The predicted octanol–water partition coefficient (Wildman–Crippen LogP) is 3.59. The molecule has 31 heavy (non-hydrogen) atoms. The summed E-state index contributed by atoms with van der Waals surface area (Å²) in [5.74, 6) is 0.191. The van der Waals surface area contributed by atoms with E-state index < -0.39 is 0 Å². The largest absolute Gasteiger partial charge is 0.337 e. The molecule has 0 atom stereocenters. The van der Waals surface area contributed by atoms with Crippen molar-refractivity contribution in [2.75, 3.05) is 32.7 Å². The predicted molar refractivity (Wildman–Crippen MR) is 121 cm³/mol. The lowest BCUT2D eigenvalue weighted by atomic mass is 9.91. The maximum Gasteiger partial charge on any atom is 0.254 e. The molecule has 0 N–H and O–H groups in total. The van der Waals surface area contributed by atoms with Gasteiger partial charge in [0.1, 0.15) is 0 Å². The van der Waals surface area contributed by atoms with Crippen LogP contribution in [0, 0.1) is 0 Å². The molecular weight excluding hydrogens is 386 g/mol. The molecule has 1 saturated carbocycles. The average molecular weight is 418 g/mol. The van der Waals surface area contributed by atoms with Gasteiger partial charge in [0.15, 0.2) is 0 Å². The van der Waals surface area contributed by atoms with Crippen molar-refractivity contribution in [3.63, 3.8) is 0 Å². The van der Waals surface area contributed by atoms with Crippen LogP contribution in [0.1, 0.15) is 57.5 Å². The Balaban J connectivity index is 1.27. The highest BCUT2D eigenvalue weighted by molar-refractivity contribution is 5.95. The van der Waals surface area contributed by atoms with Crippen LogP contribution in [0.15, 0.2) is 48.5 Å². The Bertz CT molecular complexity index is 954. The molecule has 1 aliphatic carbocycles. The lowest BCUT2D eigenvalue weighted by Crippen LogP contribution is -2.42. The van der Waals surface area contributed by atoms with Crippen molar-refractivity contribution in [1.29, 1.82) is 0 Å². The second-order valence-corrected chi connectivity index (χ2v) is 9.09. The summed E-state index contributed by atoms with van der Waals surface area (Å²) in [5.41, 5.74) is 3.83. The van der Waals surface area contributed by atoms with Crippen molar-refractivity contribution in [1.82, 2.24) is 14.7 Å². The maximum atomic E-state index is 13.3. The highest BCUT2D eigenvalue weighted by Crippen LogP contribution is 2.26. The van der Waals surface area contributed by atoms with E-state index in [-0.39, 0.29) is 11.8 Å². The summed E-state index contributed by atoms with van der Waals surface area (Å²) >= 11 is 0. The van der Waals surface area contributed by atoms with Gasteiger partial charge >= 0.3 is 0 Å². The van der Waals surface area contributed by atoms with E-state index in [1.165, 1.54) is 24.8 Å². The zero-order valence-corrected chi connectivity index (χ0v) is 18.1. The molecule has 1 saturated heterocycles. The fourth-order valence-electron chi connectivity index (χ4n) is 5.07. The Morgan fingerprint density at radius 3 is 2.29 bits per heavy atom. The number of hydrogen-bond donors (Lipinski definition) is 0. The molecule has 2 aromatic rings. The standard InChI is InChI=1S/C26H31N3O2/c30-25(21-6-2-1-3-7-21)29-15-12-20-10-11-22(18-23(20)19-29)26(31)28-14-5-13-27(16-17-28)24-8-4-9-24/h1-3,6-7,10-11,18,24H,4-5,8-9,12-17,19H2. The summed E-state index contributed by atoms with van der Waals surface area (Å²) in [6.07, 6.45) is 5.87. The van der Waals surface area contributed by atoms with Crippen LogP contribution in [0.2, 0.25) is 0 Å². The van der Waals surface area contributed by atoms with Gasteiger partial charge in [0.2, 0.25) is 0 Å². The molecule has 5 rings (SSSR count). The monoisotopic (exact) mass is 417 g/mol. The Labute approximate surface area is 184 Å². The van der Waals surface area contributed by atoms with Gasteiger partial charge in [-0.3, -0.25) is 14.5 Å². The van der Waals surface area contributed by atoms with Crippen LogP contribution in [0.3, 0.4) is 0 Å². The average Bonchev–Trinajstić information content (AvgIpc) is 3.03. The number of nitrogens with zero attached hydrogens (tertiary/aromatic N) is 3. The van der Waals surface area contributed by atoms with Gasteiger partial charge in [0.05, 0.1) is 0 Å². The number of hydrogen-bond acceptors (Lipinski definition) is 3. The Morgan fingerprint density at radius 2 is 1.52 bits per heavy atom. The fourth-order valence-corrected chi connectivity index (χ4v) is 5.07. The number of fused-ring (bicyclic) bond motifs is 1. The van der Waals surface area contributed by atoms with Gasteiger partial charge in [-0.05, 0) is 61.1 Å². The summed E-state index contributed by atoms with van der Waals surface area (Å²) < 4.78 is 0. The Kier molecular flexibility index (Phi) is 5.77. The van der Waals surface area contributed by atoms with Gasteiger partial charge < -0.3 is 9.80 Å². The summed E-state index contributed by atoms with van der Waals surface area (Å²) in [6, 6.07) is 16.3. The first-order valence-corrected chi connectivity index (χ1v) is 11.7. The topological polar surface area (TPSA) is 43.9 Å². The molecule has 2 heterocycles. The lowest BCUT2D eigenvalue weighted by Gasteiger charge is -2.36. The highest BCUT2D eigenvalue weighted by atomic mass is 16.2. The molecular formula is C26H31N3O2. The zero-order valence-electron chi connectivity index (χ0n) is 18.1. The van der Waals surface area contributed by atoms with Crippen molar-refractivity contribution in [2.24, 2.45) is 0 Å². The van der Waals surface area contributed by atoms with Gasteiger partial charge in [0.25, 0.3) is 11.8 Å². The number of rotatable bonds is 3. The third kappa shape index (κ3) is 4.24. The van der Waals surface area contributed by atoms with Crippen LogP contribution < -0.4 is 0 Å². The molecule has 0 bridgehead atoms. The molecule has 2 aromatic carbocycles. The van der Waals surface area contributed by atoms with Crippen molar-refractivity contribution < 1.29 is 9.59 Å². The molecule has 0 radical (unpaired) electrons. The molecule has 2 amide bonds. The first-order valence-electron chi connectivity index (χ1n) is 11.7. The second kappa shape index (κ2) is 8.83. The zero-order chi connectivity index (χ0) is 21.2. The van der Waals surface area contributed by atoms with Crippen molar-refractivity contribution in [3.8, 4) is 0 Å². The minimum Gasteiger partial charge on any atom is -0.337 e. The molecule has 2 fully saturated rings. The van der Waals surface area contributed by atoms with Crippen molar-refractivity contribution in [2.45, 2.75) is 44.7 Å². The highest BCUT2D eigenvalue weighted by Gasteiger charge is 2.28. The number of carbonyl (C=O) groups excluding carboxylic acids is 2. The maximum absolute atomic E-state index is 13.3. The first kappa shape index (κ1) is 20.3. The van der Waals surface area contributed by atoms with Crippen LogP contribution in [0.25, 0.3) is 0 Å². The van der Waals surface area contributed by atoms with E-state index in [9.17, 15) is 9.59 Å². The van der Waals surface area contributed by atoms with Crippen LogP contribution in [-0.4, -0.2) is 65.3 Å². The van der Waals surface area contributed by atoms with Gasteiger partial charge in [-0.1, -0.05) is 30.7 Å².